The van der Waals surface area contributed by atoms with E-state index in [1.165, 1.54) is 0 Å². The number of ether oxygens (including phenoxy) is 1. The van der Waals surface area contributed by atoms with Crippen LogP contribution in [0.15, 0.2) is 24.3 Å². The van der Waals surface area contributed by atoms with Crippen molar-refractivity contribution < 1.29 is 27.3 Å². The highest BCUT2D eigenvalue weighted by Gasteiger charge is 2.65. The van der Waals surface area contributed by atoms with Crippen LogP contribution in [-0.2, 0) is 25.3 Å². The summed E-state index contributed by atoms with van der Waals surface area (Å²) in [4.78, 5) is 23.5. The summed E-state index contributed by atoms with van der Waals surface area (Å²) >= 11 is 0. The second kappa shape index (κ2) is 6.62. The van der Waals surface area contributed by atoms with E-state index in [0.29, 0.717) is 12.8 Å². The van der Waals surface area contributed by atoms with Crippen molar-refractivity contribution in [3.8, 4) is 0 Å². The van der Waals surface area contributed by atoms with Gasteiger partial charge in [0.25, 0.3) is 10.1 Å². The molecule has 3 atom stereocenters. The summed E-state index contributed by atoms with van der Waals surface area (Å²) < 4.78 is 36.5. The van der Waals surface area contributed by atoms with Gasteiger partial charge in [-0.15, -0.1) is 0 Å². The van der Waals surface area contributed by atoms with Gasteiger partial charge in [0.1, 0.15) is 5.78 Å². The van der Waals surface area contributed by atoms with Crippen molar-refractivity contribution in [1.82, 2.24) is 5.32 Å². The van der Waals surface area contributed by atoms with Crippen LogP contribution in [0.3, 0.4) is 0 Å². The minimum Gasteiger partial charge on any atom is -0.449 e. The molecule has 3 fully saturated rings. The van der Waals surface area contributed by atoms with Gasteiger partial charge in [0.05, 0.1) is 16.7 Å². The highest BCUT2D eigenvalue weighted by molar-refractivity contribution is 7.85. The number of carbonyl (C=O) groups is 2. The third-order valence-corrected chi connectivity index (χ3v) is 8.47. The van der Waals surface area contributed by atoms with E-state index < -0.39 is 21.3 Å². The van der Waals surface area contributed by atoms with Gasteiger partial charge in [-0.05, 0) is 36.8 Å². The van der Waals surface area contributed by atoms with Crippen LogP contribution in [0.25, 0.3) is 0 Å². The Morgan fingerprint density at radius 2 is 1.93 bits per heavy atom. The zero-order valence-electron chi connectivity index (χ0n) is 16.7. The van der Waals surface area contributed by atoms with E-state index in [4.69, 9.17) is 9.29 Å². The molecule has 158 valence electrons. The highest BCUT2D eigenvalue weighted by Crippen LogP contribution is 2.64. The summed E-state index contributed by atoms with van der Waals surface area (Å²) in [5.41, 5.74) is 0.296. The lowest BCUT2D eigenvalue weighted by Gasteiger charge is -2.35. The summed E-state index contributed by atoms with van der Waals surface area (Å²) in [6.07, 6.45) is 2.86. The molecular weight excluding hydrogens is 394 g/mol. The fraction of sp³-hybridized carbons (Fsp3) is 0.619. The van der Waals surface area contributed by atoms with Crippen LogP contribution >= 0.6 is 0 Å². The fourth-order valence-electron chi connectivity index (χ4n) is 5.75. The number of esters is 1. The van der Waals surface area contributed by atoms with E-state index in [1.807, 2.05) is 38.1 Å². The Hall–Kier alpha value is -1.77. The van der Waals surface area contributed by atoms with Crippen LogP contribution in [0.5, 0.6) is 0 Å². The lowest BCUT2D eigenvalue weighted by molar-refractivity contribution is -0.128. The Balaban J connectivity index is 0.000000141. The van der Waals surface area contributed by atoms with Gasteiger partial charge in [-0.3, -0.25) is 9.35 Å². The quantitative estimate of drug-likeness (QED) is 0.557. The number of rotatable bonds is 2. The molecule has 1 saturated heterocycles. The minimum atomic E-state index is -4.08. The summed E-state index contributed by atoms with van der Waals surface area (Å²) in [7, 11) is -4.08. The van der Waals surface area contributed by atoms with Gasteiger partial charge in [-0.1, -0.05) is 32.0 Å². The molecule has 0 radical (unpaired) electrons. The van der Waals surface area contributed by atoms with Gasteiger partial charge in [0.2, 0.25) is 0 Å². The summed E-state index contributed by atoms with van der Waals surface area (Å²) in [6.45, 7) is 5.55. The molecule has 1 unspecified atom stereocenters. The topological polar surface area (TPSA) is 110 Å². The summed E-state index contributed by atoms with van der Waals surface area (Å²) in [6, 6.07) is 7.67. The molecule has 29 heavy (non-hydrogen) atoms. The van der Waals surface area contributed by atoms with E-state index in [2.05, 4.69) is 5.32 Å². The van der Waals surface area contributed by atoms with E-state index in [-0.39, 0.29) is 28.7 Å². The molecule has 2 bridgehead atoms. The SMILES string of the molecule is CC1(C)C2CC[C@@]1(CS(=O)(=O)O)C(=O)C2.O=C1O[C@]2(CCNC2)c2ccccc21. The number of hydrogen-bond acceptors (Lipinski definition) is 6. The molecule has 4 aliphatic rings. The molecule has 7 nitrogen and oxygen atoms in total. The van der Waals surface area contributed by atoms with Crippen molar-refractivity contribution in [3.05, 3.63) is 35.4 Å². The zero-order valence-corrected chi connectivity index (χ0v) is 17.5. The first-order valence-electron chi connectivity index (χ1n) is 10.0. The Morgan fingerprint density at radius 3 is 2.48 bits per heavy atom. The minimum absolute atomic E-state index is 0.0152. The summed E-state index contributed by atoms with van der Waals surface area (Å²) in [5.74, 6) is -0.278. The van der Waals surface area contributed by atoms with E-state index >= 15 is 0 Å². The molecular formula is C21H27NO6S. The van der Waals surface area contributed by atoms with Gasteiger partial charge in [-0.2, -0.15) is 8.42 Å². The Labute approximate surface area is 171 Å². The molecule has 1 aromatic carbocycles. The van der Waals surface area contributed by atoms with E-state index in [1.54, 1.807) is 0 Å². The third-order valence-electron chi connectivity index (χ3n) is 7.61. The molecule has 1 aromatic rings. The van der Waals surface area contributed by atoms with E-state index in [0.717, 1.165) is 37.1 Å². The van der Waals surface area contributed by atoms with Crippen LogP contribution < -0.4 is 5.32 Å². The number of fused-ring (bicyclic) bond motifs is 4. The van der Waals surface area contributed by atoms with Crippen LogP contribution in [0.1, 0.15) is 55.5 Å². The first kappa shape index (κ1) is 20.5. The normalized spacial score (nSPS) is 34.1. The maximum absolute atomic E-state index is 11.9. The molecule has 0 aromatic heterocycles. The van der Waals surface area contributed by atoms with Gasteiger partial charge >= 0.3 is 5.97 Å². The van der Waals surface area contributed by atoms with Crippen molar-refractivity contribution in [2.24, 2.45) is 16.7 Å². The Kier molecular flexibility index (Phi) is 4.68. The first-order chi connectivity index (χ1) is 13.5. The maximum atomic E-state index is 11.9. The number of nitrogens with one attached hydrogen (secondary N) is 1. The van der Waals surface area contributed by atoms with Crippen molar-refractivity contribution in [2.45, 2.75) is 45.1 Å². The summed E-state index contributed by atoms with van der Waals surface area (Å²) in [5, 5.41) is 3.24. The molecule has 8 heteroatoms. The number of ketones is 1. The second-order valence-electron chi connectivity index (χ2n) is 9.25. The highest BCUT2D eigenvalue weighted by atomic mass is 32.2. The van der Waals surface area contributed by atoms with Crippen LogP contribution in [0, 0.1) is 16.7 Å². The molecule has 2 aliphatic carbocycles. The predicted octanol–water partition coefficient (Wildman–Crippen LogP) is 2.32. The van der Waals surface area contributed by atoms with Crippen LogP contribution in [0.4, 0.5) is 0 Å². The van der Waals surface area contributed by atoms with Gasteiger partial charge in [-0.25, -0.2) is 4.79 Å². The smallest absolute Gasteiger partial charge is 0.339 e. The Bertz CT molecular complexity index is 963. The van der Waals surface area contributed by atoms with Crippen LogP contribution in [0.2, 0.25) is 0 Å². The van der Waals surface area contributed by atoms with Crippen molar-refractivity contribution >= 4 is 21.9 Å². The molecule has 1 spiro atoms. The molecule has 2 saturated carbocycles. The number of hydrogen-bond donors (Lipinski definition) is 2. The standard InChI is InChI=1S/C11H11NO2.C10H16O4S/c13-10-8-3-1-2-4-9(8)11(14-10)5-6-12-7-11;1-9(2)7-3-4-10(9,8(11)5-7)6-15(12,13)14/h1-4,12H,5-7H2;7H,3-6H2,1-2H3,(H,12,13,14)/t11-;7?,10-/m01/s1. The molecule has 0 amide bonds. The van der Waals surface area contributed by atoms with Crippen LogP contribution in [-0.4, -0.2) is 43.6 Å². The lowest BCUT2D eigenvalue weighted by Crippen LogP contribution is -2.42. The van der Waals surface area contributed by atoms with Gasteiger partial charge in [0, 0.05) is 24.9 Å². The number of benzene rings is 1. The number of Topliss-reactive ketones (excluding diaryl/α,β-unsaturated/α-hetero) is 1. The molecule has 5 rings (SSSR count). The van der Waals surface area contributed by atoms with Crippen molar-refractivity contribution in [3.63, 3.8) is 0 Å². The van der Waals surface area contributed by atoms with Gasteiger partial charge < -0.3 is 10.1 Å². The molecule has 2 aliphatic heterocycles. The molecule has 2 heterocycles. The van der Waals surface area contributed by atoms with Crippen molar-refractivity contribution in [1.29, 1.82) is 0 Å². The average Bonchev–Trinajstić information content (AvgIpc) is 3.32. The van der Waals surface area contributed by atoms with Crippen molar-refractivity contribution in [2.75, 3.05) is 18.8 Å². The monoisotopic (exact) mass is 421 g/mol. The Morgan fingerprint density at radius 1 is 1.21 bits per heavy atom. The number of carbonyl (C=O) groups excluding carboxylic acids is 2. The predicted molar refractivity (Wildman–Crippen MR) is 106 cm³/mol. The molecule has 2 N–H and O–H groups in total. The van der Waals surface area contributed by atoms with E-state index in [9.17, 15) is 18.0 Å². The van der Waals surface area contributed by atoms with Gasteiger partial charge in [0.15, 0.2) is 5.60 Å². The maximum Gasteiger partial charge on any atom is 0.339 e. The first-order valence-corrected chi connectivity index (χ1v) is 11.6. The zero-order chi connectivity index (χ0) is 21.1. The average molecular weight is 422 g/mol. The third kappa shape index (κ3) is 3.12. The lowest BCUT2D eigenvalue weighted by atomic mass is 9.70. The fourth-order valence-corrected chi connectivity index (χ4v) is 7.05. The largest absolute Gasteiger partial charge is 0.449 e. The second-order valence-corrected chi connectivity index (χ2v) is 10.7.